The first kappa shape index (κ1) is 10.8. The normalized spacial score (nSPS) is 9.53. The molecule has 0 saturated carbocycles. The summed E-state index contributed by atoms with van der Waals surface area (Å²) in [4.78, 5) is 0. The molecule has 1 aromatic rings. The van der Waals surface area contributed by atoms with Crippen molar-refractivity contribution in [2.45, 2.75) is 13.3 Å². The minimum Gasteiger partial charge on any atom is -0.465 e. The third kappa shape index (κ3) is 2.86. The average molecular weight is 198 g/mol. The van der Waals surface area contributed by atoms with Crippen LogP contribution in [0.4, 0.5) is 0 Å². The van der Waals surface area contributed by atoms with E-state index >= 15 is 0 Å². The maximum Gasteiger partial charge on any atom is 0.132 e. The number of furan rings is 1. The van der Waals surface area contributed by atoms with Crippen molar-refractivity contribution in [3.8, 4) is 12.1 Å². The zero-order valence-corrected chi connectivity index (χ0v) is 8.40. The van der Waals surface area contributed by atoms with Crippen molar-refractivity contribution in [1.29, 1.82) is 10.5 Å². The molecule has 0 aromatic carbocycles. The predicted molar refractivity (Wildman–Crippen MR) is 56.3 cm³/mol. The van der Waals surface area contributed by atoms with Crippen LogP contribution in [0.1, 0.15) is 19.1 Å². The van der Waals surface area contributed by atoms with Crippen LogP contribution < -0.4 is 0 Å². The monoisotopic (exact) mass is 198 g/mol. The molecule has 15 heavy (non-hydrogen) atoms. The van der Waals surface area contributed by atoms with Gasteiger partial charge in [0.2, 0.25) is 0 Å². The van der Waals surface area contributed by atoms with Gasteiger partial charge in [-0.3, -0.25) is 0 Å². The first-order valence-electron chi connectivity index (χ1n) is 4.56. The molecule has 0 bridgehead atoms. The van der Waals surface area contributed by atoms with Crippen molar-refractivity contribution in [2.24, 2.45) is 0 Å². The fourth-order valence-electron chi connectivity index (χ4n) is 1.12. The van der Waals surface area contributed by atoms with Gasteiger partial charge in [0.25, 0.3) is 0 Å². The van der Waals surface area contributed by atoms with E-state index < -0.39 is 0 Å². The van der Waals surface area contributed by atoms with Gasteiger partial charge in [0.05, 0.1) is 6.26 Å². The van der Waals surface area contributed by atoms with E-state index in [0.29, 0.717) is 12.2 Å². The first-order chi connectivity index (χ1) is 7.31. The molecule has 0 aliphatic carbocycles. The van der Waals surface area contributed by atoms with Gasteiger partial charge in [0.15, 0.2) is 0 Å². The highest BCUT2D eigenvalue weighted by Crippen LogP contribution is 2.12. The summed E-state index contributed by atoms with van der Waals surface area (Å²) in [6.07, 6.45) is 5.70. The quantitative estimate of drug-likeness (QED) is 0.554. The summed E-state index contributed by atoms with van der Waals surface area (Å²) in [5, 5.41) is 17.4. The van der Waals surface area contributed by atoms with Crippen LogP contribution in [0.2, 0.25) is 0 Å². The van der Waals surface area contributed by atoms with Gasteiger partial charge >= 0.3 is 0 Å². The van der Waals surface area contributed by atoms with Gasteiger partial charge < -0.3 is 4.42 Å². The molecule has 0 fully saturated rings. The minimum atomic E-state index is 0.153. The molecule has 1 aromatic heterocycles. The first-order valence-corrected chi connectivity index (χ1v) is 4.56. The Morgan fingerprint density at radius 2 is 2.20 bits per heavy atom. The van der Waals surface area contributed by atoms with E-state index in [4.69, 9.17) is 14.9 Å². The van der Waals surface area contributed by atoms with Crippen molar-refractivity contribution >= 4 is 6.08 Å². The highest BCUT2D eigenvalue weighted by molar-refractivity contribution is 5.53. The van der Waals surface area contributed by atoms with Crippen LogP contribution in [-0.2, 0) is 0 Å². The second-order valence-electron chi connectivity index (χ2n) is 2.83. The maximum atomic E-state index is 8.70. The Balaban J connectivity index is 2.94. The van der Waals surface area contributed by atoms with Crippen LogP contribution in [-0.4, -0.2) is 0 Å². The van der Waals surface area contributed by atoms with Crippen LogP contribution in [0, 0.1) is 22.7 Å². The van der Waals surface area contributed by atoms with Gasteiger partial charge in [-0.1, -0.05) is 13.0 Å². The maximum absolute atomic E-state index is 8.70. The Kier molecular flexibility index (Phi) is 3.94. The lowest BCUT2D eigenvalue weighted by Crippen LogP contribution is -1.82. The summed E-state index contributed by atoms with van der Waals surface area (Å²) >= 11 is 0. The fourth-order valence-corrected chi connectivity index (χ4v) is 1.12. The largest absolute Gasteiger partial charge is 0.465 e. The third-order valence-corrected chi connectivity index (χ3v) is 1.92. The van der Waals surface area contributed by atoms with E-state index in [2.05, 4.69) is 0 Å². The molecule has 0 unspecified atom stereocenters. The van der Waals surface area contributed by atoms with Crippen molar-refractivity contribution in [3.63, 3.8) is 0 Å². The lowest BCUT2D eigenvalue weighted by molar-refractivity contribution is 0.557. The molecule has 74 valence electrons. The topological polar surface area (TPSA) is 60.7 Å². The van der Waals surface area contributed by atoms with E-state index in [1.807, 2.05) is 25.1 Å². The molecule has 0 spiro atoms. The fraction of sp³-hybridized carbons (Fsp3) is 0.167. The highest BCUT2D eigenvalue weighted by atomic mass is 16.3. The molecule has 0 amide bonds. The summed E-state index contributed by atoms with van der Waals surface area (Å²) in [6, 6.07) is 7.33. The Labute approximate surface area is 88.6 Å². The predicted octanol–water partition coefficient (Wildman–Crippen LogP) is 3.05. The Bertz CT molecular complexity index is 437. The molecule has 0 saturated heterocycles. The number of hydrogen-bond acceptors (Lipinski definition) is 3. The van der Waals surface area contributed by atoms with Crippen LogP contribution >= 0.6 is 0 Å². The molecule has 3 nitrogen and oxygen atoms in total. The Morgan fingerprint density at radius 3 is 2.67 bits per heavy atom. The number of rotatable bonds is 3. The zero-order valence-electron chi connectivity index (χ0n) is 8.40. The van der Waals surface area contributed by atoms with Crippen molar-refractivity contribution in [3.05, 3.63) is 41.4 Å². The highest BCUT2D eigenvalue weighted by Gasteiger charge is 2.00. The van der Waals surface area contributed by atoms with E-state index in [1.54, 1.807) is 24.5 Å². The molecule has 3 heteroatoms. The lowest BCUT2D eigenvalue weighted by atomic mass is 10.1. The average Bonchev–Trinajstić information content (AvgIpc) is 2.77. The minimum absolute atomic E-state index is 0.153. The summed E-state index contributed by atoms with van der Waals surface area (Å²) in [5.74, 6) is 0.705. The van der Waals surface area contributed by atoms with Crippen molar-refractivity contribution in [1.82, 2.24) is 0 Å². The van der Waals surface area contributed by atoms with Gasteiger partial charge in [-0.05, 0) is 30.2 Å². The molecule has 1 heterocycles. The van der Waals surface area contributed by atoms with Crippen molar-refractivity contribution < 1.29 is 4.42 Å². The molecule has 0 radical (unpaired) electrons. The van der Waals surface area contributed by atoms with Crippen LogP contribution in [0.15, 0.2) is 40.0 Å². The van der Waals surface area contributed by atoms with Crippen LogP contribution in [0.5, 0.6) is 0 Å². The lowest BCUT2D eigenvalue weighted by Gasteiger charge is -1.94. The van der Waals surface area contributed by atoms with Gasteiger partial charge in [-0.15, -0.1) is 0 Å². The van der Waals surface area contributed by atoms with Crippen LogP contribution in [0.25, 0.3) is 6.08 Å². The molecule has 0 atom stereocenters. The van der Waals surface area contributed by atoms with Gasteiger partial charge in [-0.2, -0.15) is 10.5 Å². The molecule has 0 aliphatic heterocycles. The number of nitrogens with zero attached hydrogens (tertiary/aromatic N) is 2. The molecule has 0 aliphatic rings. The standard InChI is InChI=1S/C12H10N2O/c1-2-10(11(8-13)9-14)5-6-12-4-3-7-15-12/h3-7H,2H2,1H3/b6-5+. The molecular formula is C12H10N2O. The van der Waals surface area contributed by atoms with Gasteiger partial charge in [0.1, 0.15) is 23.5 Å². The summed E-state index contributed by atoms with van der Waals surface area (Å²) < 4.78 is 5.10. The van der Waals surface area contributed by atoms with E-state index in [9.17, 15) is 0 Å². The summed E-state index contributed by atoms with van der Waals surface area (Å²) in [6.45, 7) is 1.90. The van der Waals surface area contributed by atoms with Gasteiger partial charge in [-0.25, -0.2) is 0 Å². The molecular weight excluding hydrogens is 188 g/mol. The van der Waals surface area contributed by atoms with Gasteiger partial charge in [0, 0.05) is 0 Å². The summed E-state index contributed by atoms with van der Waals surface area (Å²) in [7, 11) is 0. The molecule has 1 rings (SSSR count). The SMILES string of the molecule is CCC(/C=C/c1ccco1)=C(C#N)C#N. The third-order valence-electron chi connectivity index (χ3n) is 1.92. The number of allylic oxidation sites excluding steroid dienone is 3. The van der Waals surface area contributed by atoms with E-state index in [-0.39, 0.29) is 5.57 Å². The number of nitriles is 2. The second-order valence-corrected chi connectivity index (χ2v) is 2.83. The second kappa shape index (κ2) is 5.47. The van der Waals surface area contributed by atoms with Crippen LogP contribution in [0.3, 0.4) is 0 Å². The summed E-state index contributed by atoms with van der Waals surface area (Å²) in [5.41, 5.74) is 0.872. The van der Waals surface area contributed by atoms with E-state index in [1.165, 1.54) is 0 Å². The Hall–Kier alpha value is -2.26. The van der Waals surface area contributed by atoms with E-state index in [0.717, 1.165) is 5.57 Å². The smallest absolute Gasteiger partial charge is 0.132 e. The molecule has 0 N–H and O–H groups in total. The van der Waals surface area contributed by atoms with Crippen molar-refractivity contribution in [2.75, 3.05) is 0 Å². The Morgan fingerprint density at radius 1 is 1.47 bits per heavy atom. The zero-order chi connectivity index (χ0) is 11.1. The number of hydrogen-bond donors (Lipinski definition) is 0.